The van der Waals surface area contributed by atoms with Gasteiger partial charge in [0.1, 0.15) is 0 Å². The zero-order valence-corrected chi connectivity index (χ0v) is 4.33. The third-order valence-corrected chi connectivity index (χ3v) is 0.632. The van der Waals surface area contributed by atoms with E-state index in [0.717, 1.165) is 0 Å². The average molecular weight is 87.9 g/mol. The van der Waals surface area contributed by atoms with Gasteiger partial charge in [0, 0.05) is 0 Å². The fourth-order valence-electron chi connectivity index (χ4n) is 0.105. The summed E-state index contributed by atoms with van der Waals surface area (Å²) in [7, 11) is 2.83. The molecule has 0 saturated carbocycles. The van der Waals surface area contributed by atoms with Gasteiger partial charge in [-0.1, -0.05) is 0 Å². The van der Waals surface area contributed by atoms with Crippen molar-refractivity contribution in [3.8, 4) is 0 Å². The summed E-state index contributed by atoms with van der Waals surface area (Å²) in [6.07, 6.45) is 0. The second kappa shape index (κ2) is 4.32. The summed E-state index contributed by atoms with van der Waals surface area (Å²) in [6.45, 7) is 3.73. The summed E-state index contributed by atoms with van der Waals surface area (Å²) >= 11 is 0. The van der Waals surface area contributed by atoms with Gasteiger partial charge >= 0.3 is 33.3 Å². The standard InChI is InChI=1S/C2H6BOP/c1-4-3-5-2/h1-2H3. The first-order chi connectivity index (χ1) is 2.41. The predicted molar refractivity (Wildman–Crippen MR) is 25.6 cm³/mol. The van der Waals surface area contributed by atoms with Crippen LogP contribution < -0.4 is 0 Å². The van der Waals surface area contributed by atoms with Crippen molar-refractivity contribution >= 4 is 14.9 Å². The average Bonchev–Trinajstić information content (AvgIpc) is 1.41. The molecule has 5 heavy (non-hydrogen) atoms. The molecule has 0 atom stereocenters. The van der Waals surface area contributed by atoms with E-state index in [1.165, 1.54) is 8.07 Å². The van der Waals surface area contributed by atoms with E-state index in [4.69, 9.17) is 0 Å². The molecule has 0 bridgehead atoms. The van der Waals surface area contributed by atoms with Crippen molar-refractivity contribution in [2.45, 2.75) is 0 Å². The van der Waals surface area contributed by atoms with Gasteiger partial charge in [0.05, 0.1) is 0 Å². The molecule has 0 spiro atoms. The normalized spacial score (nSPS) is 8.40. The summed E-state index contributed by atoms with van der Waals surface area (Å²) in [5, 5.41) is 0. The summed E-state index contributed by atoms with van der Waals surface area (Å²) in [6, 6.07) is 0. The number of hydrogen-bond donors (Lipinski definition) is 0. The van der Waals surface area contributed by atoms with Crippen LogP contribution >= 0.6 is 8.07 Å². The monoisotopic (exact) mass is 88.0 g/mol. The fourth-order valence-corrected chi connectivity index (χ4v) is 0.316. The van der Waals surface area contributed by atoms with Crippen molar-refractivity contribution in [1.29, 1.82) is 0 Å². The van der Waals surface area contributed by atoms with Crippen molar-refractivity contribution in [2.24, 2.45) is 0 Å². The first-order valence-corrected chi connectivity index (χ1v) is 2.76. The fraction of sp³-hybridized carbons (Fsp3) is 1.00. The molecule has 0 rings (SSSR count). The van der Waals surface area contributed by atoms with Gasteiger partial charge in [-0.3, -0.25) is 0 Å². The molecule has 0 fully saturated rings. The van der Waals surface area contributed by atoms with Gasteiger partial charge in [-0.15, -0.1) is 0 Å². The predicted octanol–water partition coefficient (Wildman–Crippen LogP) is 0.743. The van der Waals surface area contributed by atoms with E-state index in [9.17, 15) is 0 Å². The Morgan fingerprint density at radius 3 is 2.40 bits per heavy atom. The van der Waals surface area contributed by atoms with E-state index in [0.29, 0.717) is 0 Å². The zero-order chi connectivity index (χ0) is 4.12. The summed E-state index contributed by atoms with van der Waals surface area (Å²) in [5.41, 5.74) is 0. The molecule has 0 aromatic carbocycles. The van der Waals surface area contributed by atoms with E-state index < -0.39 is 0 Å². The van der Waals surface area contributed by atoms with Crippen LogP contribution in [0.25, 0.3) is 0 Å². The molecule has 28 valence electrons. The topological polar surface area (TPSA) is 9.23 Å². The molecule has 3 heteroatoms. The van der Waals surface area contributed by atoms with E-state index in [2.05, 4.69) is 4.65 Å². The second-order valence-corrected chi connectivity index (χ2v) is 1.33. The molecule has 0 amide bonds. The SMILES string of the molecule is COB=PC. The Balaban J connectivity index is 2.62. The molecule has 0 aliphatic rings. The van der Waals surface area contributed by atoms with Crippen LogP contribution in [0, 0.1) is 0 Å². The molecular formula is C2H6BOP. The van der Waals surface area contributed by atoms with Crippen LogP contribution in [0.5, 0.6) is 0 Å². The van der Waals surface area contributed by atoms with Crippen LogP contribution in [0.1, 0.15) is 0 Å². The first kappa shape index (κ1) is 5.32. The Labute approximate surface area is 34.3 Å². The Hall–Kier alpha value is 0.325. The number of hydrogen-bond acceptors (Lipinski definition) is 1. The maximum absolute atomic E-state index is 4.55. The van der Waals surface area contributed by atoms with Gasteiger partial charge in [0.15, 0.2) is 0 Å². The van der Waals surface area contributed by atoms with Gasteiger partial charge in [-0.2, -0.15) is 0 Å². The summed E-state index contributed by atoms with van der Waals surface area (Å²) < 4.78 is 4.55. The Kier molecular flexibility index (Phi) is 4.61. The maximum atomic E-state index is 4.55. The first-order valence-electron chi connectivity index (χ1n) is 1.35. The van der Waals surface area contributed by atoms with Gasteiger partial charge in [-0.05, 0) is 0 Å². The van der Waals surface area contributed by atoms with Crippen molar-refractivity contribution < 1.29 is 4.65 Å². The van der Waals surface area contributed by atoms with Gasteiger partial charge in [0.25, 0.3) is 0 Å². The van der Waals surface area contributed by atoms with Crippen LogP contribution in [0.15, 0.2) is 0 Å². The van der Waals surface area contributed by atoms with Crippen LogP contribution in [-0.4, -0.2) is 20.6 Å². The molecule has 0 saturated heterocycles. The third kappa shape index (κ3) is 4.32. The summed E-state index contributed by atoms with van der Waals surface area (Å²) in [5.74, 6) is 0. The Morgan fingerprint density at radius 1 is 1.80 bits per heavy atom. The van der Waals surface area contributed by atoms with E-state index in [-0.39, 0.29) is 0 Å². The second-order valence-electron chi connectivity index (χ2n) is 0.599. The zero-order valence-electron chi connectivity index (χ0n) is 3.43. The van der Waals surface area contributed by atoms with Crippen molar-refractivity contribution in [1.82, 2.24) is 0 Å². The van der Waals surface area contributed by atoms with Crippen molar-refractivity contribution in [2.75, 3.05) is 13.8 Å². The molecule has 0 aliphatic carbocycles. The molecule has 0 heterocycles. The molecule has 0 radical (unpaired) electrons. The van der Waals surface area contributed by atoms with Gasteiger partial charge in [0.2, 0.25) is 0 Å². The Bertz CT molecular complexity index is 36.6. The molecule has 0 unspecified atom stereocenters. The minimum atomic E-state index is 1.18. The number of rotatable bonds is 1. The molecule has 0 aliphatic heterocycles. The molecule has 0 aromatic heterocycles. The molecule has 0 aromatic rings. The molecular weight excluding hydrogens is 81.8 g/mol. The van der Waals surface area contributed by atoms with Crippen LogP contribution in [0.2, 0.25) is 0 Å². The quantitative estimate of drug-likeness (QED) is 0.339. The van der Waals surface area contributed by atoms with Gasteiger partial charge in [-0.25, -0.2) is 0 Å². The van der Waals surface area contributed by atoms with E-state index in [1.807, 2.05) is 6.66 Å². The third-order valence-electron chi connectivity index (χ3n) is 0.211. The van der Waals surface area contributed by atoms with E-state index >= 15 is 0 Å². The Morgan fingerprint density at radius 2 is 2.40 bits per heavy atom. The molecule has 1 nitrogen and oxygen atoms in total. The van der Waals surface area contributed by atoms with E-state index in [1.54, 1.807) is 13.9 Å². The summed E-state index contributed by atoms with van der Waals surface area (Å²) in [4.78, 5) is 0. The molecule has 0 N–H and O–H groups in total. The van der Waals surface area contributed by atoms with Gasteiger partial charge < -0.3 is 0 Å². The van der Waals surface area contributed by atoms with Crippen molar-refractivity contribution in [3.63, 3.8) is 0 Å². The van der Waals surface area contributed by atoms with Crippen LogP contribution in [0.3, 0.4) is 0 Å². The van der Waals surface area contributed by atoms with Crippen LogP contribution in [0.4, 0.5) is 0 Å². The van der Waals surface area contributed by atoms with Crippen molar-refractivity contribution in [3.05, 3.63) is 0 Å². The minimum absolute atomic E-state index is 1.18. The van der Waals surface area contributed by atoms with Crippen LogP contribution in [-0.2, 0) is 4.65 Å².